The maximum atomic E-state index is 13.3. The molecule has 0 bridgehead atoms. The van der Waals surface area contributed by atoms with Crippen molar-refractivity contribution in [1.29, 1.82) is 0 Å². The van der Waals surface area contributed by atoms with Crippen molar-refractivity contribution in [1.82, 2.24) is 36.9 Å². The second-order valence-corrected chi connectivity index (χ2v) is 13.6. The molecule has 1 heterocycles. The molecule has 2 aromatic carbocycles. The molecule has 0 fully saturated rings. The highest BCUT2D eigenvalue weighted by molar-refractivity contribution is 5.96. The zero-order chi connectivity index (χ0) is 40.8. The van der Waals surface area contributed by atoms with Crippen molar-refractivity contribution in [3.8, 4) is 5.75 Å². The number of hydrogen-bond donors (Lipinski definition) is 11. The van der Waals surface area contributed by atoms with E-state index in [9.17, 15) is 48.9 Å². The normalized spacial score (nSPS) is 14.4. The number of carbonyl (C=O) groups excluding carboxylic acids is 6. The van der Waals surface area contributed by atoms with E-state index in [1.165, 1.54) is 38.1 Å². The lowest BCUT2D eigenvalue weighted by atomic mass is 10.0. The number of nitrogens with two attached hydrogens (primary N) is 1. The van der Waals surface area contributed by atoms with E-state index in [1.807, 2.05) is 24.3 Å². The Morgan fingerprint density at radius 1 is 0.709 bits per heavy atom. The standard InChI is InChI=1S/C37H50N8O10/c1-19(2)13-27(42-31(48)17-40-34(51)28(43-32(49)20(3)38)15-23-16-39-26-8-6-5-7-25(23)26)35(52)41-21(4)33(50)45-30(18-46)36(53)44-29(37(54)55)14-22-9-11-24(47)12-10-22/h5-12,16,19-21,27-30,39,46-47H,13-15,17-18,38H2,1-4H3,(H,40,51)(H,41,52)(H,42,48)(H,43,49)(H,44,53)(H,45,50)(H,54,55)/t20-,21-,27-,28-,29-,30-/m0/s1. The third-order valence-electron chi connectivity index (χ3n) is 8.49. The van der Waals surface area contributed by atoms with E-state index in [4.69, 9.17) is 5.73 Å². The first kappa shape index (κ1) is 43.4. The Labute approximate surface area is 317 Å². The highest BCUT2D eigenvalue weighted by atomic mass is 16.4. The summed E-state index contributed by atoms with van der Waals surface area (Å²) in [7, 11) is 0. The Bertz CT molecular complexity index is 1830. The highest BCUT2D eigenvalue weighted by Gasteiger charge is 2.30. The number of aromatic hydroxyl groups is 1. The SMILES string of the molecule is CC(C)C[C@H](NC(=O)CNC(=O)[C@H](Cc1c[nH]c2ccccc12)NC(=O)[C@H](C)N)C(=O)N[C@@H](C)C(=O)N[C@@H](CO)C(=O)N[C@@H](Cc1ccc(O)cc1)C(=O)O. The molecule has 0 aliphatic carbocycles. The molecule has 0 aliphatic rings. The Kier molecular flexibility index (Phi) is 16.1. The van der Waals surface area contributed by atoms with E-state index in [-0.39, 0.29) is 30.9 Å². The van der Waals surface area contributed by atoms with Crippen LogP contribution in [0.3, 0.4) is 0 Å². The van der Waals surface area contributed by atoms with Crippen LogP contribution in [0.5, 0.6) is 5.75 Å². The van der Waals surface area contributed by atoms with Crippen LogP contribution in [0, 0.1) is 5.92 Å². The fourth-order valence-electron chi connectivity index (χ4n) is 5.48. The minimum absolute atomic E-state index is 0.0289. The van der Waals surface area contributed by atoms with Gasteiger partial charge in [-0.25, -0.2) is 4.79 Å². The molecule has 0 saturated heterocycles. The lowest BCUT2D eigenvalue weighted by molar-refractivity contribution is -0.142. The van der Waals surface area contributed by atoms with Crippen molar-refractivity contribution in [3.63, 3.8) is 0 Å². The minimum Gasteiger partial charge on any atom is -0.508 e. The number of aliphatic carboxylic acids is 1. The molecule has 12 N–H and O–H groups in total. The minimum atomic E-state index is -1.57. The Hall–Kier alpha value is -6.01. The number of fused-ring (bicyclic) bond motifs is 1. The number of aromatic nitrogens is 1. The van der Waals surface area contributed by atoms with Crippen molar-refractivity contribution in [2.24, 2.45) is 11.7 Å². The van der Waals surface area contributed by atoms with Gasteiger partial charge >= 0.3 is 5.97 Å². The van der Waals surface area contributed by atoms with Gasteiger partial charge in [0.25, 0.3) is 0 Å². The molecule has 3 rings (SSSR count). The number of hydrogen-bond acceptors (Lipinski definition) is 10. The summed E-state index contributed by atoms with van der Waals surface area (Å²) in [5.41, 5.74) is 7.79. The van der Waals surface area contributed by atoms with Crippen LogP contribution in [0.25, 0.3) is 10.9 Å². The topological polar surface area (TPSA) is 294 Å². The molecule has 6 amide bonds. The summed E-state index contributed by atoms with van der Waals surface area (Å²) in [6.45, 7) is 4.94. The third-order valence-corrected chi connectivity index (χ3v) is 8.49. The number of H-pyrrole nitrogens is 1. The molecule has 6 atom stereocenters. The second-order valence-electron chi connectivity index (χ2n) is 13.6. The van der Waals surface area contributed by atoms with E-state index < -0.39 is 90.8 Å². The van der Waals surface area contributed by atoms with Crippen LogP contribution in [-0.4, -0.2) is 111 Å². The van der Waals surface area contributed by atoms with Gasteiger partial charge in [-0.2, -0.15) is 0 Å². The number of benzene rings is 2. The van der Waals surface area contributed by atoms with Gasteiger partial charge in [-0.3, -0.25) is 28.8 Å². The number of carboxylic acids is 1. The zero-order valence-electron chi connectivity index (χ0n) is 31.0. The average molecular weight is 767 g/mol. The van der Waals surface area contributed by atoms with Crippen LogP contribution < -0.4 is 37.6 Å². The first-order chi connectivity index (χ1) is 26.0. The molecular formula is C37H50N8O10. The molecule has 1 aromatic heterocycles. The van der Waals surface area contributed by atoms with Gasteiger partial charge in [0.1, 0.15) is 36.0 Å². The van der Waals surface area contributed by atoms with Crippen molar-refractivity contribution in [2.45, 2.75) is 83.2 Å². The molecule has 0 unspecified atom stereocenters. The monoisotopic (exact) mass is 766 g/mol. The van der Waals surface area contributed by atoms with Crippen LogP contribution in [0.1, 0.15) is 45.2 Å². The fourth-order valence-corrected chi connectivity index (χ4v) is 5.48. The molecule has 298 valence electrons. The fraction of sp³-hybridized carbons (Fsp3) is 0.432. The van der Waals surface area contributed by atoms with Gasteiger partial charge in [-0.15, -0.1) is 0 Å². The number of para-hydroxylation sites is 1. The quantitative estimate of drug-likeness (QED) is 0.0642. The lowest BCUT2D eigenvalue weighted by Crippen LogP contribution is -2.58. The van der Waals surface area contributed by atoms with Crippen LogP contribution in [-0.2, 0) is 46.4 Å². The summed E-state index contributed by atoms with van der Waals surface area (Å²) in [6.07, 6.45) is 1.81. The van der Waals surface area contributed by atoms with E-state index >= 15 is 0 Å². The third kappa shape index (κ3) is 13.4. The van der Waals surface area contributed by atoms with Gasteiger partial charge < -0.3 is 57.9 Å². The van der Waals surface area contributed by atoms with Crippen LogP contribution in [0.15, 0.2) is 54.7 Å². The summed E-state index contributed by atoms with van der Waals surface area (Å²) in [5, 5.41) is 44.4. The van der Waals surface area contributed by atoms with E-state index in [2.05, 4.69) is 36.9 Å². The summed E-state index contributed by atoms with van der Waals surface area (Å²) in [4.78, 5) is 92.8. The summed E-state index contributed by atoms with van der Waals surface area (Å²) in [5.74, 6) is -6.09. The molecule has 0 spiro atoms. The van der Waals surface area contributed by atoms with Gasteiger partial charge in [-0.1, -0.05) is 44.2 Å². The number of carboxylic acid groups (broad SMARTS) is 1. The number of aromatic amines is 1. The number of carbonyl (C=O) groups is 7. The summed E-state index contributed by atoms with van der Waals surface area (Å²) >= 11 is 0. The number of rotatable bonds is 20. The first-order valence-corrected chi connectivity index (χ1v) is 17.7. The van der Waals surface area contributed by atoms with E-state index in [1.54, 1.807) is 20.0 Å². The van der Waals surface area contributed by atoms with Crippen molar-refractivity contribution in [3.05, 3.63) is 65.9 Å². The second kappa shape index (κ2) is 20.4. The number of amides is 6. The van der Waals surface area contributed by atoms with Crippen LogP contribution >= 0.6 is 0 Å². The van der Waals surface area contributed by atoms with Gasteiger partial charge in [0, 0.05) is 29.9 Å². The molecule has 0 aliphatic heterocycles. The van der Waals surface area contributed by atoms with Crippen LogP contribution in [0.2, 0.25) is 0 Å². The van der Waals surface area contributed by atoms with Crippen molar-refractivity contribution >= 4 is 52.3 Å². The first-order valence-electron chi connectivity index (χ1n) is 17.7. The number of phenols is 1. The summed E-state index contributed by atoms with van der Waals surface area (Å²) < 4.78 is 0. The number of aliphatic hydroxyl groups excluding tert-OH is 1. The maximum absolute atomic E-state index is 13.3. The number of aliphatic hydroxyl groups is 1. The predicted octanol–water partition coefficient (Wildman–Crippen LogP) is -1.31. The molecular weight excluding hydrogens is 716 g/mol. The smallest absolute Gasteiger partial charge is 0.326 e. The molecule has 18 nitrogen and oxygen atoms in total. The Morgan fingerprint density at radius 2 is 1.33 bits per heavy atom. The number of nitrogens with one attached hydrogen (secondary N) is 7. The molecule has 55 heavy (non-hydrogen) atoms. The highest BCUT2D eigenvalue weighted by Crippen LogP contribution is 2.19. The number of phenolic OH excluding ortho intramolecular Hbond substituents is 1. The van der Waals surface area contributed by atoms with Gasteiger partial charge in [0.15, 0.2) is 0 Å². The van der Waals surface area contributed by atoms with Gasteiger partial charge in [0.2, 0.25) is 35.4 Å². The Balaban J connectivity index is 1.59. The van der Waals surface area contributed by atoms with Crippen molar-refractivity contribution in [2.75, 3.05) is 13.2 Å². The zero-order valence-corrected chi connectivity index (χ0v) is 31.0. The predicted molar refractivity (Wildman–Crippen MR) is 200 cm³/mol. The average Bonchev–Trinajstić information content (AvgIpc) is 3.54. The van der Waals surface area contributed by atoms with Gasteiger partial charge in [-0.05, 0) is 55.5 Å². The maximum Gasteiger partial charge on any atom is 0.326 e. The lowest BCUT2D eigenvalue weighted by Gasteiger charge is -2.24. The van der Waals surface area contributed by atoms with E-state index in [0.717, 1.165) is 16.5 Å². The summed E-state index contributed by atoms with van der Waals surface area (Å²) in [6, 6.07) is 5.68. The largest absolute Gasteiger partial charge is 0.508 e. The Morgan fingerprint density at radius 3 is 1.95 bits per heavy atom. The van der Waals surface area contributed by atoms with Gasteiger partial charge in [0.05, 0.1) is 19.2 Å². The molecule has 0 saturated carbocycles. The van der Waals surface area contributed by atoms with Crippen LogP contribution in [0.4, 0.5) is 0 Å². The molecule has 3 aromatic rings. The molecule has 18 heteroatoms. The van der Waals surface area contributed by atoms with Crippen molar-refractivity contribution < 1.29 is 48.9 Å². The molecule has 0 radical (unpaired) electrons. The van der Waals surface area contributed by atoms with E-state index in [0.29, 0.717) is 5.56 Å².